The number of rotatable bonds is 11. The predicted molar refractivity (Wildman–Crippen MR) is 109 cm³/mol. The highest BCUT2D eigenvalue weighted by molar-refractivity contribution is 7.96. The zero-order valence-corrected chi connectivity index (χ0v) is 16.9. The molecule has 6 N–H and O–H groups in total. The predicted octanol–water partition coefficient (Wildman–Crippen LogP) is -0.0961. The van der Waals surface area contributed by atoms with E-state index in [4.69, 9.17) is 11.5 Å². The zero-order valence-electron chi connectivity index (χ0n) is 16.1. The maximum atomic E-state index is 12.6. The van der Waals surface area contributed by atoms with Crippen LogP contribution >= 0.6 is 12.6 Å². The number of carbonyl (C=O) groups excluding carboxylic acids is 4. The standard InChI is InChI=1S/C19H28N4O4S/c1-11(2)8-13(20)17(25)22-14(10-16(21)24)18(26)23-15(19(27)28)9-12-6-4-3-5-7-12/h3-7,11,13-15H,8-10,20H2,1-2H3,(H2,21,24)(H,22,25)(H,23,26)(H,27,28)/t13-,14-,15-/m0/s1. The van der Waals surface area contributed by atoms with E-state index in [9.17, 15) is 19.2 Å². The van der Waals surface area contributed by atoms with E-state index in [1.165, 1.54) is 0 Å². The molecule has 1 aromatic carbocycles. The van der Waals surface area contributed by atoms with Gasteiger partial charge >= 0.3 is 0 Å². The van der Waals surface area contributed by atoms with Gasteiger partial charge in [-0.25, -0.2) is 0 Å². The number of nitrogens with one attached hydrogen (secondary N) is 2. The molecular formula is C19H28N4O4S. The number of hydrogen-bond donors (Lipinski definition) is 5. The number of nitrogens with two attached hydrogens (primary N) is 2. The SMILES string of the molecule is CC(C)C[C@H](N)C(=O)N[C@@H](CC(N)=O)C(=O)N[C@@H](Cc1ccccc1)C(=O)S. The number of amides is 3. The summed E-state index contributed by atoms with van der Waals surface area (Å²) >= 11 is 3.82. The van der Waals surface area contributed by atoms with E-state index >= 15 is 0 Å². The summed E-state index contributed by atoms with van der Waals surface area (Å²) in [5.74, 6) is -1.85. The van der Waals surface area contributed by atoms with Gasteiger partial charge in [0.1, 0.15) is 12.1 Å². The molecule has 8 nitrogen and oxygen atoms in total. The Morgan fingerprint density at radius 3 is 2.07 bits per heavy atom. The Labute approximate surface area is 170 Å². The van der Waals surface area contributed by atoms with E-state index in [-0.39, 0.29) is 12.3 Å². The smallest absolute Gasteiger partial charge is 0.243 e. The van der Waals surface area contributed by atoms with Crippen molar-refractivity contribution in [3.63, 3.8) is 0 Å². The van der Waals surface area contributed by atoms with Crippen molar-refractivity contribution >= 4 is 35.5 Å². The lowest BCUT2D eigenvalue weighted by atomic mass is 10.0. The van der Waals surface area contributed by atoms with Gasteiger partial charge in [0.05, 0.1) is 12.5 Å². The van der Waals surface area contributed by atoms with Crippen molar-refractivity contribution in [2.45, 2.75) is 51.2 Å². The van der Waals surface area contributed by atoms with E-state index in [1.54, 1.807) is 0 Å². The molecule has 0 aromatic heterocycles. The van der Waals surface area contributed by atoms with Crippen LogP contribution in [-0.2, 0) is 25.6 Å². The summed E-state index contributed by atoms with van der Waals surface area (Å²) in [6.45, 7) is 3.82. The fourth-order valence-electron chi connectivity index (χ4n) is 2.63. The Hall–Kier alpha value is -2.39. The third kappa shape index (κ3) is 8.53. The van der Waals surface area contributed by atoms with Crippen LogP contribution in [0.25, 0.3) is 0 Å². The molecule has 28 heavy (non-hydrogen) atoms. The lowest BCUT2D eigenvalue weighted by molar-refractivity contribution is -0.132. The van der Waals surface area contributed by atoms with Crippen molar-refractivity contribution in [1.82, 2.24) is 10.6 Å². The molecule has 0 radical (unpaired) electrons. The molecule has 154 valence electrons. The first-order valence-electron chi connectivity index (χ1n) is 9.01. The number of thiol groups is 1. The number of primary amides is 1. The summed E-state index contributed by atoms with van der Waals surface area (Å²) in [6, 6.07) is 6.09. The Bertz CT molecular complexity index is 696. The Morgan fingerprint density at radius 2 is 1.57 bits per heavy atom. The lowest BCUT2D eigenvalue weighted by Gasteiger charge is -2.23. The van der Waals surface area contributed by atoms with Gasteiger partial charge in [-0.2, -0.15) is 0 Å². The van der Waals surface area contributed by atoms with E-state index in [1.807, 2.05) is 44.2 Å². The fourth-order valence-corrected chi connectivity index (χ4v) is 2.78. The largest absolute Gasteiger partial charge is 0.370 e. The first-order valence-corrected chi connectivity index (χ1v) is 9.46. The van der Waals surface area contributed by atoms with Crippen molar-refractivity contribution in [2.24, 2.45) is 17.4 Å². The third-order valence-electron chi connectivity index (χ3n) is 4.00. The molecule has 0 saturated heterocycles. The van der Waals surface area contributed by atoms with Gasteiger partial charge in [-0.15, -0.1) is 12.6 Å². The maximum Gasteiger partial charge on any atom is 0.243 e. The van der Waals surface area contributed by atoms with Crippen LogP contribution in [-0.4, -0.2) is 41.0 Å². The second-order valence-electron chi connectivity index (χ2n) is 7.06. The van der Waals surface area contributed by atoms with E-state index < -0.39 is 47.4 Å². The topological polar surface area (TPSA) is 144 Å². The van der Waals surface area contributed by atoms with Crippen LogP contribution in [0.2, 0.25) is 0 Å². The summed E-state index contributed by atoms with van der Waals surface area (Å²) in [5.41, 5.74) is 11.8. The normalized spacial score (nSPS) is 14.0. The summed E-state index contributed by atoms with van der Waals surface area (Å²) in [6.07, 6.45) is 0.228. The summed E-state index contributed by atoms with van der Waals surface area (Å²) in [4.78, 5) is 48.0. The molecule has 1 rings (SSSR count). The number of carbonyl (C=O) groups is 4. The van der Waals surface area contributed by atoms with Gasteiger partial charge in [-0.1, -0.05) is 44.2 Å². The first kappa shape index (κ1) is 23.6. The van der Waals surface area contributed by atoms with Crippen LogP contribution in [0.4, 0.5) is 0 Å². The minimum atomic E-state index is -1.23. The van der Waals surface area contributed by atoms with Crippen molar-refractivity contribution in [3.8, 4) is 0 Å². The van der Waals surface area contributed by atoms with E-state index in [2.05, 4.69) is 23.3 Å². The van der Waals surface area contributed by atoms with Crippen LogP contribution in [0.3, 0.4) is 0 Å². The van der Waals surface area contributed by atoms with Crippen LogP contribution in [0.5, 0.6) is 0 Å². The molecule has 9 heteroatoms. The molecule has 0 bridgehead atoms. The zero-order chi connectivity index (χ0) is 21.3. The molecule has 3 atom stereocenters. The van der Waals surface area contributed by atoms with Gasteiger partial charge < -0.3 is 22.1 Å². The highest BCUT2D eigenvalue weighted by Gasteiger charge is 2.28. The number of hydrogen-bond acceptors (Lipinski definition) is 5. The summed E-state index contributed by atoms with van der Waals surface area (Å²) in [5, 5.41) is 4.43. The molecule has 0 aliphatic heterocycles. The molecule has 0 aliphatic carbocycles. The molecule has 1 aromatic rings. The minimum absolute atomic E-state index is 0.182. The van der Waals surface area contributed by atoms with Gasteiger partial charge in [0.2, 0.25) is 22.8 Å². The van der Waals surface area contributed by atoms with Gasteiger partial charge in [-0.3, -0.25) is 19.2 Å². The highest BCUT2D eigenvalue weighted by Crippen LogP contribution is 2.07. The van der Waals surface area contributed by atoms with Gasteiger partial charge in [0.25, 0.3) is 0 Å². The van der Waals surface area contributed by atoms with Crippen LogP contribution < -0.4 is 22.1 Å². The van der Waals surface area contributed by atoms with E-state index in [0.29, 0.717) is 6.42 Å². The fraction of sp³-hybridized carbons (Fsp3) is 0.474. The molecule has 0 unspecified atom stereocenters. The second-order valence-corrected chi connectivity index (χ2v) is 7.50. The summed E-state index contributed by atoms with van der Waals surface area (Å²) < 4.78 is 0. The maximum absolute atomic E-state index is 12.6. The monoisotopic (exact) mass is 408 g/mol. The van der Waals surface area contributed by atoms with Crippen LogP contribution in [0.1, 0.15) is 32.3 Å². The number of benzene rings is 1. The van der Waals surface area contributed by atoms with Gasteiger partial charge in [0, 0.05) is 6.42 Å². The second kappa shape index (κ2) is 11.5. The minimum Gasteiger partial charge on any atom is -0.370 e. The van der Waals surface area contributed by atoms with Crippen molar-refractivity contribution in [2.75, 3.05) is 0 Å². The van der Waals surface area contributed by atoms with Gasteiger partial charge in [-0.05, 0) is 17.9 Å². The molecule has 0 heterocycles. The molecule has 0 aliphatic rings. The molecule has 0 fully saturated rings. The van der Waals surface area contributed by atoms with Crippen molar-refractivity contribution in [3.05, 3.63) is 35.9 Å². The third-order valence-corrected chi connectivity index (χ3v) is 4.31. The quantitative estimate of drug-likeness (QED) is 0.325. The Kier molecular flexibility index (Phi) is 9.67. The molecule has 0 spiro atoms. The van der Waals surface area contributed by atoms with Crippen LogP contribution in [0, 0.1) is 5.92 Å². The van der Waals surface area contributed by atoms with Crippen molar-refractivity contribution < 1.29 is 19.2 Å². The van der Waals surface area contributed by atoms with Crippen molar-refractivity contribution in [1.29, 1.82) is 0 Å². The molecule has 3 amide bonds. The lowest BCUT2D eigenvalue weighted by Crippen LogP contribution is -2.55. The average molecular weight is 409 g/mol. The first-order chi connectivity index (χ1) is 13.1. The average Bonchev–Trinajstić information content (AvgIpc) is 2.60. The van der Waals surface area contributed by atoms with Gasteiger partial charge in [0.15, 0.2) is 0 Å². The highest BCUT2D eigenvalue weighted by atomic mass is 32.1. The molecular weight excluding hydrogens is 380 g/mol. The summed E-state index contributed by atoms with van der Waals surface area (Å²) in [7, 11) is 0. The van der Waals surface area contributed by atoms with E-state index in [0.717, 1.165) is 5.56 Å². The van der Waals surface area contributed by atoms with Crippen LogP contribution in [0.15, 0.2) is 30.3 Å². The Balaban J connectivity index is 2.84. The Morgan fingerprint density at radius 1 is 1.00 bits per heavy atom. The molecule has 0 saturated carbocycles.